The van der Waals surface area contributed by atoms with Gasteiger partial charge in [-0.2, -0.15) is 0 Å². The van der Waals surface area contributed by atoms with Crippen LogP contribution in [0, 0.1) is 10.1 Å². The van der Waals surface area contributed by atoms with Crippen molar-refractivity contribution in [2.45, 2.75) is 6.92 Å². The Morgan fingerprint density at radius 2 is 2.06 bits per heavy atom. The molecule has 0 atom stereocenters. The van der Waals surface area contributed by atoms with E-state index in [2.05, 4.69) is 4.18 Å². The van der Waals surface area contributed by atoms with Crippen molar-refractivity contribution in [2.75, 3.05) is 5.75 Å². The van der Waals surface area contributed by atoms with E-state index in [9.17, 15) is 14.9 Å². The fourth-order valence-corrected chi connectivity index (χ4v) is 1.10. The van der Waals surface area contributed by atoms with Gasteiger partial charge in [-0.3, -0.25) is 10.1 Å². The first-order valence-electron chi connectivity index (χ1n) is 4.39. The normalized spacial score (nSPS) is 9.56. The van der Waals surface area contributed by atoms with Crippen molar-refractivity contribution in [3.05, 3.63) is 34.4 Å². The molecule has 1 aromatic carbocycles. The van der Waals surface area contributed by atoms with Crippen LogP contribution in [0.15, 0.2) is 24.3 Å². The highest BCUT2D eigenvalue weighted by Crippen LogP contribution is 2.18. The van der Waals surface area contributed by atoms with Crippen LogP contribution in [0.5, 0.6) is 5.75 Å². The summed E-state index contributed by atoms with van der Waals surface area (Å²) < 4.78 is 9.34. The molecule has 0 bridgehead atoms. The lowest BCUT2D eigenvalue weighted by Gasteiger charge is -2.02. The van der Waals surface area contributed by atoms with E-state index in [1.807, 2.05) is 6.92 Å². The van der Waals surface area contributed by atoms with E-state index in [-0.39, 0.29) is 11.4 Å². The van der Waals surface area contributed by atoms with Crippen LogP contribution in [0.25, 0.3) is 0 Å². The molecule has 1 aromatic rings. The molecule has 0 aromatic heterocycles. The van der Waals surface area contributed by atoms with Crippen LogP contribution < -0.4 is 4.74 Å². The minimum absolute atomic E-state index is 0.0661. The number of nitro benzene ring substituents is 1. The summed E-state index contributed by atoms with van der Waals surface area (Å²) in [5, 5.41) is 10.3. The number of nitrogens with zero attached hydrogens (tertiary/aromatic N) is 1. The zero-order valence-electron chi connectivity index (χ0n) is 8.41. The largest absolute Gasteiger partial charge is 0.526 e. The first-order chi connectivity index (χ1) is 7.63. The molecular weight excluding hydrogens is 234 g/mol. The standard InChI is InChI=1S/C9H9NO5S/c1-2-16-15-9(11)14-8-5-3-7(4-6-8)10(12)13/h3-6H,2H2,1H3. The van der Waals surface area contributed by atoms with E-state index in [1.165, 1.54) is 24.3 Å². The molecule has 6 nitrogen and oxygen atoms in total. The molecule has 0 radical (unpaired) electrons. The highest BCUT2D eigenvalue weighted by molar-refractivity contribution is 7.95. The van der Waals surface area contributed by atoms with Gasteiger partial charge in [0.2, 0.25) is 0 Å². The first-order valence-corrected chi connectivity index (χ1v) is 5.30. The fourth-order valence-electron chi connectivity index (χ4n) is 0.856. The molecule has 0 fully saturated rings. The number of ether oxygens (including phenoxy) is 1. The summed E-state index contributed by atoms with van der Waals surface area (Å²) in [7, 11) is 0. The maximum atomic E-state index is 11.0. The maximum absolute atomic E-state index is 11.0. The highest BCUT2D eigenvalue weighted by atomic mass is 32.2. The Balaban J connectivity index is 2.55. The molecule has 0 spiro atoms. The third-order valence-electron chi connectivity index (χ3n) is 1.49. The van der Waals surface area contributed by atoms with Crippen LogP contribution >= 0.6 is 12.0 Å². The Hall–Kier alpha value is -1.76. The molecule has 0 heterocycles. The fraction of sp³-hybridized carbons (Fsp3) is 0.222. The first kappa shape index (κ1) is 12.3. The van der Waals surface area contributed by atoms with Crippen LogP contribution in [0.4, 0.5) is 10.5 Å². The molecule has 16 heavy (non-hydrogen) atoms. The molecule has 0 aliphatic carbocycles. The Kier molecular flexibility index (Phi) is 4.59. The van der Waals surface area contributed by atoms with E-state index >= 15 is 0 Å². The molecule has 86 valence electrons. The third-order valence-corrected chi connectivity index (χ3v) is 1.98. The molecule has 0 saturated heterocycles. The van der Waals surface area contributed by atoms with Gasteiger partial charge in [-0.1, -0.05) is 6.92 Å². The minimum Gasteiger partial charge on any atom is -0.394 e. The molecular formula is C9H9NO5S. The second-order valence-electron chi connectivity index (χ2n) is 2.59. The van der Waals surface area contributed by atoms with Gasteiger partial charge in [0.05, 0.1) is 17.0 Å². The van der Waals surface area contributed by atoms with Crippen molar-refractivity contribution in [3.8, 4) is 5.75 Å². The average molecular weight is 243 g/mol. The van der Waals surface area contributed by atoms with Crippen LogP contribution in [0.2, 0.25) is 0 Å². The van der Waals surface area contributed by atoms with Crippen molar-refractivity contribution in [1.82, 2.24) is 0 Å². The molecule has 7 heteroatoms. The number of hydrogen-bond donors (Lipinski definition) is 0. The monoisotopic (exact) mass is 243 g/mol. The number of non-ortho nitro benzene ring substituents is 1. The van der Waals surface area contributed by atoms with Gasteiger partial charge in [-0.25, -0.2) is 4.79 Å². The van der Waals surface area contributed by atoms with Crippen molar-refractivity contribution >= 4 is 23.9 Å². The number of carbonyl (C=O) groups is 1. The summed E-state index contributed by atoms with van der Waals surface area (Å²) >= 11 is 0.961. The summed E-state index contributed by atoms with van der Waals surface area (Å²) in [4.78, 5) is 20.8. The number of rotatable bonds is 4. The van der Waals surface area contributed by atoms with Crippen LogP contribution in [-0.2, 0) is 4.18 Å². The Bertz CT molecular complexity index is 378. The summed E-state index contributed by atoms with van der Waals surface area (Å²) in [5.41, 5.74) is -0.0661. The Morgan fingerprint density at radius 3 is 2.56 bits per heavy atom. The van der Waals surface area contributed by atoms with Crippen molar-refractivity contribution in [2.24, 2.45) is 0 Å². The molecule has 0 saturated carbocycles. The smallest absolute Gasteiger partial charge is 0.394 e. The van der Waals surface area contributed by atoms with E-state index in [0.717, 1.165) is 12.0 Å². The lowest BCUT2D eigenvalue weighted by molar-refractivity contribution is -0.384. The van der Waals surface area contributed by atoms with Crippen molar-refractivity contribution < 1.29 is 18.6 Å². The number of benzene rings is 1. The van der Waals surface area contributed by atoms with Crippen LogP contribution in [0.1, 0.15) is 6.92 Å². The van der Waals surface area contributed by atoms with Gasteiger partial charge in [0.1, 0.15) is 5.75 Å². The zero-order chi connectivity index (χ0) is 12.0. The summed E-state index contributed by atoms with van der Waals surface area (Å²) in [6, 6.07) is 5.15. The molecule has 0 aliphatic heterocycles. The van der Waals surface area contributed by atoms with Gasteiger partial charge in [0, 0.05) is 17.9 Å². The Morgan fingerprint density at radius 1 is 1.44 bits per heavy atom. The topological polar surface area (TPSA) is 78.7 Å². The lowest BCUT2D eigenvalue weighted by Crippen LogP contribution is -2.06. The van der Waals surface area contributed by atoms with Gasteiger partial charge in [-0.15, -0.1) is 0 Å². The van der Waals surface area contributed by atoms with Gasteiger partial charge >= 0.3 is 6.16 Å². The molecule has 0 aliphatic rings. The van der Waals surface area contributed by atoms with E-state index < -0.39 is 11.1 Å². The molecule has 0 amide bonds. The highest BCUT2D eigenvalue weighted by Gasteiger charge is 2.08. The maximum Gasteiger partial charge on any atom is 0.526 e. The average Bonchev–Trinajstić information content (AvgIpc) is 2.27. The predicted octanol–water partition coefficient (Wildman–Crippen LogP) is 2.78. The summed E-state index contributed by atoms with van der Waals surface area (Å²) in [6.45, 7) is 1.82. The van der Waals surface area contributed by atoms with E-state index in [1.54, 1.807) is 0 Å². The SMILES string of the molecule is CCSOC(=O)Oc1ccc([N+](=O)[O-])cc1. The van der Waals surface area contributed by atoms with Crippen molar-refractivity contribution in [3.63, 3.8) is 0 Å². The zero-order valence-corrected chi connectivity index (χ0v) is 9.23. The van der Waals surface area contributed by atoms with Gasteiger partial charge in [0.25, 0.3) is 5.69 Å². The van der Waals surface area contributed by atoms with Crippen LogP contribution in [0.3, 0.4) is 0 Å². The predicted molar refractivity (Wildman–Crippen MR) is 58.3 cm³/mol. The minimum atomic E-state index is -0.847. The molecule has 0 unspecified atom stereocenters. The molecule has 0 N–H and O–H groups in total. The number of carbonyl (C=O) groups excluding carboxylic acids is 1. The van der Waals surface area contributed by atoms with E-state index in [4.69, 9.17) is 4.74 Å². The lowest BCUT2D eigenvalue weighted by atomic mass is 10.3. The second-order valence-corrected chi connectivity index (χ2v) is 3.57. The van der Waals surface area contributed by atoms with Crippen molar-refractivity contribution in [1.29, 1.82) is 0 Å². The number of hydrogen-bond acceptors (Lipinski definition) is 6. The van der Waals surface area contributed by atoms with Gasteiger partial charge in [0.15, 0.2) is 0 Å². The second kappa shape index (κ2) is 5.96. The summed E-state index contributed by atoms with van der Waals surface area (Å²) in [6.07, 6.45) is -0.847. The summed E-state index contributed by atoms with van der Waals surface area (Å²) in [5.74, 6) is 0.822. The van der Waals surface area contributed by atoms with Gasteiger partial charge in [-0.05, 0) is 12.1 Å². The molecule has 1 rings (SSSR count). The number of nitro groups is 1. The van der Waals surface area contributed by atoms with Crippen LogP contribution in [-0.4, -0.2) is 16.8 Å². The quantitative estimate of drug-likeness (QED) is 0.266. The van der Waals surface area contributed by atoms with E-state index in [0.29, 0.717) is 5.75 Å². The third kappa shape index (κ3) is 3.77. The van der Waals surface area contributed by atoms with Gasteiger partial charge < -0.3 is 8.92 Å². The Labute approximate surface area is 95.9 Å².